The molecule has 5 heteroatoms. The average Bonchev–Trinajstić information content (AvgIpc) is 2.63. The molecule has 4 atom stereocenters. The second kappa shape index (κ2) is 5.53. The van der Waals surface area contributed by atoms with E-state index in [4.69, 9.17) is 9.47 Å². The van der Waals surface area contributed by atoms with Crippen molar-refractivity contribution in [3.8, 4) is 0 Å². The smallest absolute Gasteiger partial charge is 0.184 e. The lowest BCUT2D eigenvalue weighted by Crippen LogP contribution is -2.32. The lowest BCUT2D eigenvalue weighted by atomic mass is 10.2. The van der Waals surface area contributed by atoms with Gasteiger partial charge in [-0.15, -0.1) is 0 Å². The van der Waals surface area contributed by atoms with Crippen LogP contribution in [-0.2, 0) is 16.1 Å². The van der Waals surface area contributed by atoms with Gasteiger partial charge in [-0.2, -0.15) is 0 Å². The van der Waals surface area contributed by atoms with Gasteiger partial charge in [0.1, 0.15) is 18.9 Å². The van der Waals surface area contributed by atoms with Crippen LogP contribution in [0.5, 0.6) is 0 Å². The molecular weight excluding hydrogens is 230 g/mol. The van der Waals surface area contributed by atoms with Gasteiger partial charge in [-0.3, -0.25) is 0 Å². The molecule has 0 unspecified atom stereocenters. The van der Waals surface area contributed by atoms with Crippen LogP contribution in [0.15, 0.2) is 30.3 Å². The van der Waals surface area contributed by atoms with E-state index in [-0.39, 0.29) is 6.61 Å². The third-order valence-electron chi connectivity index (χ3n) is 2.70. The van der Waals surface area contributed by atoms with E-state index in [1.165, 1.54) is 0 Å². The summed E-state index contributed by atoms with van der Waals surface area (Å²) in [4.78, 5) is 0. The van der Waals surface area contributed by atoms with E-state index in [0.29, 0.717) is 0 Å². The molecule has 94 valence electrons. The fourth-order valence-electron chi connectivity index (χ4n) is 1.76. The Kier molecular flexibility index (Phi) is 4.04. The maximum Gasteiger partial charge on any atom is 0.184 e. The topological polar surface area (TPSA) is 38.7 Å². The van der Waals surface area contributed by atoms with Crippen LogP contribution in [0.3, 0.4) is 0 Å². The minimum absolute atomic E-state index is 0.158. The minimum atomic E-state index is -1.64. The summed E-state index contributed by atoms with van der Waals surface area (Å²) in [5, 5.41) is 9.39. The van der Waals surface area contributed by atoms with Crippen molar-refractivity contribution in [2.75, 3.05) is 6.67 Å². The second-order valence-electron chi connectivity index (χ2n) is 3.93. The summed E-state index contributed by atoms with van der Waals surface area (Å²) in [6.07, 6.45) is -5.41. The highest BCUT2D eigenvalue weighted by molar-refractivity contribution is 5.13. The summed E-state index contributed by atoms with van der Waals surface area (Å²) in [5.41, 5.74) is 0.857. The van der Waals surface area contributed by atoms with Gasteiger partial charge in [0, 0.05) is 0 Å². The quantitative estimate of drug-likeness (QED) is 0.874. The summed E-state index contributed by atoms with van der Waals surface area (Å²) in [5.74, 6) is 0. The van der Waals surface area contributed by atoms with E-state index >= 15 is 0 Å². The molecule has 1 aliphatic heterocycles. The van der Waals surface area contributed by atoms with Gasteiger partial charge in [0.15, 0.2) is 12.5 Å². The fourth-order valence-corrected chi connectivity index (χ4v) is 1.76. The Bertz CT molecular complexity index is 347. The van der Waals surface area contributed by atoms with Gasteiger partial charge >= 0.3 is 0 Å². The number of hydrogen-bond acceptors (Lipinski definition) is 3. The van der Waals surface area contributed by atoms with E-state index in [0.717, 1.165) is 5.56 Å². The second-order valence-corrected chi connectivity index (χ2v) is 3.93. The van der Waals surface area contributed by atoms with E-state index in [1.54, 1.807) is 0 Å². The van der Waals surface area contributed by atoms with Gasteiger partial charge in [0.25, 0.3) is 0 Å². The molecule has 0 saturated carbocycles. The predicted octanol–water partition coefficient (Wildman–Crippen LogP) is 1.60. The number of hydrogen-bond donors (Lipinski definition) is 1. The molecule has 1 N–H and O–H groups in total. The van der Waals surface area contributed by atoms with Crippen molar-refractivity contribution in [3.63, 3.8) is 0 Å². The van der Waals surface area contributed by atoms with Crippen molar-refractivity contribution >= 4 is 0 Å². The Balaban J connectivity index is 1.91. The summed E-state index contributed by atoms with van der Waals surface area (Å²) < 4.78 is 35.8. The van der Waals surface area contributed by atoms with Crippen molar-refractivity contribution in [1.29, 1.82) is 0 Å². The summed E-state index contributed by atoms with van der Waals surface area (Å²) >= 11 is 0. The van der Waals surface area contributed by atoms with Crippen LogP contribution in [0.1, 0.15) is 5.56 Å². The molecule has 17 heavy (non-hydrogen) atoms. The van der Waals surface area contributed by atoms with Crippen LogP contribution >= 0.6 is 0 Å². The molecule has 1 aromatic carbocycles. The van der Waals surface area contributed by atoms with Crippen molar-refractivity contribution in [3.05, 3.63) is 35.9 Å². The van der Waals surface area contributed by atoms with Crippen LogP contribution in [0, 0.1) is 0 Å². The summed E-state index contributed by atoms with van der Waals surface area (Å²) in [6, 6.07) is 9.16. The Morgan fingerprint density at radius 1 is 1.29 bits per heavy atom. The summed E-state index contributed by atoms with van der Waals surface area (Å²) in [7, 11) is 0. The minimum Gasteiger partial charge on any atom is -0.366 e. The van der Waals surface area contributed by atoms with Crippen molar-refractivity contribution in [2.24, 2.45) is 0 Å². The first-order valence-electron chi connectivity index (χ1n) is 5.41. The first-order valence-corrected chi connectivity index (χ1v) is 5.41. The van der Waals surface area contributed by atoms with Gasteiger partial charge < -0.3 is 14.6 Å². The third kappa shape index (κ3) is 2.80. The summed E-state index contributed by atoms with van der Waals surface area (Å²) in [6.45, 7) is -0.811. The molecule has 3 nitrogen and oxygen atoms in total. The molecule has 0 aromatic heterocycles. The molecule has 1 heterocycles. The Morgan fingerprint density at radius 3 is 2.59 bits per heavy atom. The highest BCUT2D eigenvalue weighted by atomic mass is 19.1. The van der Waals surface area contributed by atoms with Crippen LogP contribution < -0.4 is 0 Å². The molecular formula is C12H14F2O3. The SMILES string of the molecule is O[C@@H]1O[C@H](CF)[C@@H](F)[C@H]1OCc1ccccc1. The van der Waals surface area contributed by atoms with Crippen LogP contribution in [0.2, 0.25) is 0 Å². The van der Waals surface area contributed by atoms with Crippen molar-refractivity contribution < 1.29 is 23.4 Å². The van der Waals surface area contributed by atoms with Gasteiger partial charge in [-0.25, -0.2) is 8.78 Å². The number of aliphatic hydroxyl groups excluding tert-OH is 1. The Morgan fingerprint density at radius 2 is 2.00 bits per heavy atom. The van der Waals surface area contributed by atoms with Gasteiger partial charge in [0.2, 0.25) is 0 Å². The van der Waals surface area contributed by atoms with Gasteiger partial charge in [-0.1, -0.05) is 30.3 Å². The zero-order chi connectivity index (χ0) is 12.3. The molecule has 0 aliphatic carbocycles. The molecule has 1 aromatic rings. The Labute approximate surface area is 98.0 Å². The van der Waals surface area contributed by atoms with E-state index in [9.17, 15) is 13.9 Å². The third-order valence-corrected chi connectivity index (χ3v) is 2.70. The standard InChI is InChI=1S/C12H14F2O3/c13-6-9-10(14)11(12(15)17-9)16-7-8-4-2-1-3-5-8/h1-5,9-12,15H,6-7H2/t9-,10-,11-,12-/m1/s1. The number of rotatable bonds is 4. The molecule has 0 amide bonds. The van der Waals surface area contributed by atoms with Crippen LogP contribution in [0.4, 0.5) is 8.78 Å². The largest absolute Gasteiger partial charge is 0.366 e. The molecule has 0 spiro atoms. The number of aliphatic hydroxyl groups is 1. The highest BCUT2D eigenvalue weighted by Gasteiger charge is 2.45. The molecule has 1 aliphatic rings. The maximum absolute atomic E-state index is 13.6. The molecule has 2 rings (SSSR count). The average molecular weight is 244 g/mol. The zero-order valence-corrected chi connectivity index (χ0v) is 9.13. The number of benzene rings is 1. The lowest BCUT2D eigenvalue weighted by Gasteiger charge is -2.16. The van der Waals surface area contributed by atoms with Gasteiger partial charge in [-0.05, 0) is 5.56 Å². The van der Waals surface area contributed by atoms with E-state index in [2.05, 4.69) is 0 Å². The molecule has 1 saturated heterocycles. The molecule has 0 bridgehead atoms. The van der Waals surface area contributed by atoms with E-state index in [1.807, 2.05) is 30.3 Å². The van der Waals surface area contributed by atoms with Gasteiger partial charge in [0.05, 0.1) is 6.61 Å². The van der Waals surface area contributed by atoms with E-state index < -0.39 is 31.3 Å². The van der Waals surface area contributed by atoms with Crippen molar-refractivity contribution in [2.45, 2.75) is 31.3 Å². The number of halogens is 2. The Hall–Kier alpha value is -1.04. The molecule has 1 fully saturated rings. The highest BCUT2D eigenvalue weighted by Crippen LogP contribution is 2.26. The first-order chi connectivity index (χ1) is 8.22. The monoisotopic (exact) mass is 244 g/mol. The van der Waals surface area contributed by atoms with Crippen molar-refractivity contribution in [1.82, 2.24) is 0 Å². The maximum atomic E-state index is 13.6. The first kappa shape index (κ1) is 12.4. The lowest BCUT2D eigenvalue weighted by molar-refractivity contribution is -0.147. The normalized spacial score (nSPS) is 32.9. The number of alkyl halides is 2. The van der Waals surface area contributed by atoms with Crippen LogP contribution in [-0.4, -0.2) is 36.5 Å². The van der Waals surface area contributed by atoms with Crippen LogP contribution in [0.25, 0.3) is 0 Å². The number of ether oxygens (including phenoxy) is 2. The fraction of sp³-hybridized carbons (Fsp3) is 0.500. The molecule has 0 radical (unpaired) electrons. The zero-order valence-electron chi connectivity index (χ0n) is 9.13. The predicted molar refractivity (Wildman–Crippen MR) is 56.8 cm³/mol.